The van der Waals surface area contributed by atoms with Crippen molar-refractivity contribution in [2.45, 2.75) is 38.0 Å². The van der Waals surface area contributed by atoms with Gasteiger partial charge in [-0.25, -0.2) is 4.79 Å². The number of nitrogens with two attached hydrogens (primary N) is 1. The van der Waals surface area contributed by atoms with Crippen molar-refractivity contribution in [1.29, 1.82) is 0 Å². The summed E-state index contributed by atoms with van der Waals surface area (Å²) >= 11 is 0. The Bertz CT molecular complexity index is 886. The molecule has 0 spiro atoms. The number of nitrogens with zero attached hydrogens (tertiary/aromatic N) is 1. The van der Waals surface area contributed by atoms with Crippen LogP contribution >= 0.6 is 0 Å². The molecule has 1 heterocycles. The van der Waals surface area contributed by atoms with Crippen LogP contribution in [0.15, 0.2) is 42.5 Å². The molecule has 1 aliphatic rings. The molecular weight excluding hydrogens is 391 g/mol. The second-order valence-electron chi connectivity index (χ2n) is 7.57. The zero-order valence-corrected chi connectivity index (χ0v) is 19.9. The minimum atomic E-state index is -1.000. The van der Waals surface area contributed by atoms with Gasteiger partial charge < -0.3 is 21.9 Å². The summed E-state index contributed by atoms with van der Waals surface area (Å²) in [4.78, 5) is 25.9. The normalized spacial score (nSPS) is 15.6. The fourth-order valence-electron chi connectivity index (χ4n) is 4.16. The number of anilines is 1. The largest absolute Gasteiger partial charge is 1.00 e. The topological polar surface area (TPSA) is 92.9 Å². The zero-order chi connectivity index (χ0) is 21.0. The van der Waals surface area contributed by atoms with Gasteiger partial charge in [0.2, 0.25) is 5.91 Å². The van der Waals surface area contributed by atoms with Gasteiger partial charge in [-0.3, -0.25) is 4.79 Å². The maximum Gasteiger partial charge on any atom is 1.00 e. The summed E-state index contributed by atoms with van der Waals surface area (Å²) in [6.45, 7) is 3.96. The van der Waals surface area contributed by atoms with Gasteiger partial charge in [-0.2, -0.15) is 0 Å². The number of piperidine rings is 1. The molecule has 0 saturated carbocycles. The third-order valence-electron chi connectivity index (χ3n) is 5.75. The molecule has 3 rings (SSSR count). The number of carbonyl (C=O) groups excluding carboxylic acids is 1. The van der Waals surface area contributed by atoms with Crippen LogP contribution in [0.4, 0.5) is 5.69 Å². The van der Waals surface area contributed by atoms with E-state index in [4.69, 9.17) is 15.6 Å². The molecule has 1 fully saturated rings. The molecule has 0 aliphatic carbocycles. The van der Waals surface area contributed by atoms with E-state index in [1.54, 1.807) is 19.2 Å². The smallest absolute Gasteiger partial charge is 1.00 e. The van der Waals surface area contributed by atoms with Crippen LogP contribution in [0.3, 0.4) is 0 Å². The van der Waals surface area contributed by atoms with Crippen LogP contribution in [0.25, 0.3) is 0 Å². The third kappa shape index (κ3) is 5.36. The maximum atomic E-state index is 12.4. The van der Waals surface area contributed by atoms with E-state index < -0.39 is 17.8 Å². The van der Waals surface area contributed by atoms with Crippen LogP contribution in [0.2, 0.25) is 0 Å². The number of rotatable bonds is 7. The Morgan fingerprint density at radius 2 is 1.73 bits per heavy atom. The summed E-state index contributed by atoms with van der Waals surface area (Å²) in [7, 11) is 1.63. The van der Waals surface area contributed by atoms with Crippen LogP contribution < -0.4 is 44.9 Å². The average Bonchev–Trinajstić information content (AvgIpc) is 2.74. The molecule has 2 unspecified atom stereocenters. The quantitative estimate of drug-likeness (QED) is 0.649. The van der Waals surface area contributed by atoms with Crippen LogP contribution in [-0.4, -0.2) is 37.2 Å². The molecule has 3 N–H and O–H groups in total. The number of hydrogen-bond acceptors (Lipinski definition) is 4. The predicted molar refractivity (Wildman–Crippen MR) is 114 cm³/mol. The first-order valence-corrected chi connectivity index (χ1v) is 9.98. The number of hydrogen-bond donors (Lipinski definition) is 2. The molecule has 30 heavy (non-hydrogen) atoms. The number of methoxy groups -OCH3 is 1. The molecule has 0 bridgehead atoms. The van der Waals surface area contributed by atoms with E-state index in [0.29, 0.717) is 5.56 Å². The van der Waals surface area contributed by atoms with E-state index >= 15 is 0 Å². The summed E-state index contributed by atoms with van der Waals surface area (Å²) in [5.74, 6) is -1.48. The van der Waals surface area contributed by atoms with Crippen LogP contribution in [-0.2, 0) is 4.79 Å². The molecule has 0 aromatic heterocycles. The fourth-order valence-corrected chi connectivity index (χ4v) is 4.16. The number of aromatic carboxylic acids is 1. The molecule has 2 atom stereocenters. The number of benzene rings is 2. The monoisotopic (exact) mass is 420 g/mol. The molecule has 1 saturated heterocycles. The standard InChI is InChI=1S/C23H28N2O4.Na.H/c1-15(21(22(24)26)16-6-8-17(9-7-16)23(27)28)19-14-18(29-2)10-11-20(19)25-12-4-3-5-13-25;;/h6-11,14-15,21H,3-5,12-13H2,1-2H3,(H2,24,26)(H,27,28);;/q;+1;-1. The van der Waals surface area contributed by atoms with Crippen LogP contribution in [0, 0.1) is 0 Å². The van der Waals surface area contributed by atoms with Gasteiger partial charge in [0.15, 0.2) is 0 Å². The summed E-state index contributed by atoms with van der Waals surface area (Å²) < 4.78 is 5.44. The second-order valence-corrected chi connectivity index (χ2v) is 7.57. The first-order valence-electron chi connectivity index (χ1n) is 9.98. The van der Waals surface area contributed by atoms with Gasteiger partial charge in [-0.1, -0.05) is 19.1 Å². The van der Waals surface area contributed by atoms with Gasteiger partial charge in [-0.05, 0) is 66.6 Å². The molecule has 156 valence electrons. The Labute approximate surface area is 201 Å². The third-order valence-corrected chi connectivity index (χ3v) is 5.75. The predicted octanol–water partition coefficient (Wildman–Crippen LogP) is 0.873. The Kier molecular flexibility index (Phi) is 8.77. The maximum absolute atomic E-state index is 12.4. The second kappa shape index (κ2) is 10.8. The molecule has 2 aromatic rings. The van der Waals surface area contributed by atoms with Crippen LogP contribution in [0.1, 0.15) is 60.9 Å². The van der Waals surface area contributed by atoms with E-state index in [2.05, 4.69) is 11.0 Å². The molecule has 2 aromatic carbocycles. The Morgan fingerprint density at radius 1 is 1.10 bits per heavy atom. The summed E-state index contributed by atoms with van der Waals surface area (Å²) in [6, 6.07) is 12.4. The van der Waals surface area contributed by atoms with Crippen molar-refractivity contribution >= 4 is 17.6 Å². The Morgan fingerprint density at radius 3 is 2.27 bits per heavy atom. The van der Waals surface area contributed by atoms with Crippen molar-refractivity contribution in [2.75, 3.05) is 25.1 Å². The van der Waals surface area contributed by atoms with Crippen molar-refractivity contribution in [3.63, 3.8) is 0 Å². The molecule has 1 amide bonds. The van der Waals surface area contributed by atoms with Gasteiger partial charge in [0, 0.05) is 18.8 Å². The molecule has 7 heteroatoms. The van der Waals surface area contributed by atoms with E-state index in [1.165, 1.54) is 18.6 Å². The summed E-state index contributed by atoms with van der Waals surface area (Å²) in [6.07, 6.45) is 3.53. The van der Waals surface area contributed by atoms with Gasteiger partial charge in [0.25, 0.3) is 0 Å². The number of carboxylic acids is 1. The van der Waals surface area contributed by atoms with E-state index in [1.807, 2.05) is 19.1 Å². The molecule has 0 radical (unpaired) electrons. The van der Waals surface area contributed by atoms with E-state index in [9.17, 15) is 9.59 Å². The number of amides is 1. The first-order chi connectivity index (χ1) is 13.9. The van der Waals surface area contributed by atoms with Crippen molar-refractivity contribution in [1.82, 2.24) is 0 Å². The molecule has 6 nitrogen and oxygen atoms in total. The van der Waals surface area contributed by atoms with Gasteiger partial charge >= 0.3 is 35.5 Å². The Balaban J connectivity index is 0.00000240. The number of carbonyl (C=O) groups is 2. The first kappa shape index (κ1) is 24.3. The van der Waals surface area contributed by atoms with E-state index in [-0.39, 0.29) is 42.5 Å². The number of ether oxygens (including phenoxy) is 1. The number of primary amides is 1. The van der Waals surface area contributed by atoms with Crippen molar-refractivity contribution in [2.24, 2.45) is 5.73 Å². The minimum Gasteiger partial charge on any atom is -1.00 e. The Hall–Kier alpha value is -2.02. The minimum absolute atomic E-state index is 0. The van der Waals surface area contributed by atoms with Crippen molar-refractivity contribution in [3.8, 4) is 5.75 Å². The van der Waals surface area contributed by atoms with Crippen molar-refractivity contribution in [3.05, 3.63) is 59.2 Å². The summed E-state index contributed by atoms with van der Waals surface area (Å²) in [5, 5.41) is 9.14. The van der Waals surface area contributed by atoms with E-state index in [0.717, 1.165) is 42.9 Å². The van der Waals surface area contributed by atoms with Crippen LogP contribution in [0.5, 0.6) is 5.75 Å². The average molecular weight is 420 g/mol. The molecule has 1 aliphatic heterocycles. The zero-order valence-electron chi connectivity index (χ0n) is 18.9. The fraction of sp³-hybridized carbons (Fsp3) is 0.391. The SMILES string of the molecule is COc1ccc(N2CCCCC2)c(C(C)C(C(N)=O)c2ccc(C(=O)O)cc2)c1.[H-].[Na+]. The number of carboxylic acid groups (broad SMARTS) is 1. The summed E-state index contributed by atoms with van der Waals surface area (Å²) in [5.41, 5.74) is 8.81. The van der Waals surface area contributed by atoms with Gasteiger partial charge in [0.05, 0.1) is 18.6 Å². The van der Waals surface area contributed by atoms with Gasteiger partial charge in [0.1, 0.15) is 5.75 Å². The molecular formula is C23H29N2NaO4. The van der Waals surface area contributed by atoms with Crippen molar-refractivity contribution < 1.29 is 50.4 Å². The van der Waals surface area contributed by atoms with Gasteiger partial charge in [-0.15, -0.1) is 0 Å².